The molecule has 5 nitrogen and oxygen atoms in total. The van der Waals surface area contributed by atoms with Crippen LogP contribution in [0.4, 0.5) is 5.69 Å². The van der Waals surface area contributed by atoms with Gasteiger partial charge in [0, 0.05) is 6.54 Å². The van der Waals surface area contributed by atoms with Crippen molar-refractivity contribution in [3.63, 3.8) is 0 Å². The molecule has 2 aromatic carbocycles. The van der Waals surface area contributed by atoms with Crippen LogP contribution in [0.2, 0.25) is 10.0 Å². The molecule has 0 fully saturated rings. The Labute approximate surface area is 171 Å². The van der Waals surface area contributed by atoms with E-state index in [-0.39, 0.29) is 23.5 Å². The molecule has 0 bridgehead atoms. The van der Waals surface area contributed by atoms with Crippen LogP contribution >= 0.6 is 35.0 Å². The van der Waals surface area contributed by atoms with Crippen molar-refractivity contribution in [1.29, 1.82) is 0 Å². The molecular weight excluding hydrogens is 407 g/mol. The third-order valence-electron chi connectivity index (χ3n) is 4.01. The first-order valence-corrected chi connectivity index (χ1v) is 10.2. The number of nitrogens with one attached hydrogen (secondary N) is 1. The average Bonchev–Trinajstić information content (AvgIpc) is 2.90. The van der Waals surface area contributed by atoms with Gasteiger partial charge in [-0.05, 0) is 36.4 Å². The van der Waals surface area contributed by atoms with Gasteiger partial charge in [-0.15, -0.1) is 0 Å². The number of imide groups is 1. The zero-order valence-corrected chi connectivity index (χ0v) is 16.5. The maximum Gasteiger partial charge on any atom is 0.261 e. The van der Waals surface area contributed by atoms with Gasteiger partial charge in [-0.2, -0.15) is 11.8 Å². The van der Waals surface area contributed by atoms with Crippen LogP contribution in [0, 0.1) is 0 Å². The molecule has 0 radical (unpaired) electrons. The molecule has 8 heteroatoms. The highest BCUT2D eigenvalue weighted by atomic mass is 35.5. The quantitative estimate of drug-likeness (QED) is 0.531. The fourth-order valence-corrected chi connectivity index (χ4v) is 3.80. The largest absolute Gasteiger partial charge is 0.324 e. The first-order chi connectivity index (χ1) is 13.0. The van der Waals surface area contributed by atoms with Gasteiger partial charge in [0.15, 0.2) is 0 Å². The molecule has 0 unspecified atom stereocenters. The smallest absolute Gasteiger partial charge is 0.261 e. The lowest BCUT2D eigenvalue weighted by Crippen LogP contribution is -2.31. The molecule has 0 aromatic heterocycles. The lowest BCUT2D eigenvalue weighted by molar-refractivity contribution is -0.113. The predicted molar refractivity (Wildman–Crippen MR) is 109 cm³/mol. The van der Waals surface area contributed by atoms with Crippen LogP contribution in [0.3, 0.4) is 0 Å². The standard InChI is InChI=1S/C19H16Cl2N2O3S/c20-14-7-3-8-15(17(14)21)22-16(24)11-27-10-4-9-23-18(25)12-5-1-2-6-13(12)19(23)26/h1-3,5-8H,4,9-11H2,(H,22,24). The van der Waals surface area contributed by atoms with Crippen LogP contribution in [0.15, 0.2) is 42.5 Å². The number of hydrogen-bond acceptors (Lipinski definition) is 4. The summed E-state index contributed by atoms with van der Waals surface area (Å²) in [7, 11) is 0. The fourth-order valence-electron chi connectivity index (χ4n) is 2.72. The molecule has 0 aliphatic carbocycles. The third-order valence-corrected chi connectivity index (χ3v) is 5.87. The van der Waals surface area contributed by atoms with Crippen LogP contribution in [0.25, 0.3) is 0 Å². The van der Waals surface area contributed by atoms with Gasteiger partial charge >= 0.3 is 0 Å². The van der Waals surface area contributed by atoms with E-state index < -0.39 is 0 Å². The summed E-state index contributed by atoms with van der Waals surface area (Å²) in [6.07, 6.45) is 0.612. The molecule has 27 heavy (non-hydrogen) atoms. The highest BCUT2D eigenvalue weighted by Gasteiger charge is 2.34. The van der Waals surface area contributed by atoms with Gasteiger partial charge < -0.3 is 5.32 Å². The Morgan fingerprint density at radius 1 is 1.00 bits per heavy atom. The number of thioether (sulfide) groups is 1. The number of anilines is 1. The van der Waals surface area contributed by atoms with Crippen LogP contribution < -0.4 is 5.32 Å². The minimum absolute atomic E-state index is 0.190. The monoisotopic (exact) mass is 422 g/mol. The maximum atomic E-state index is 12.3. The fraction of sp³-hybridized carbons (Fsp3) is 0.211. The zero-order valence-electron chi connectivity index (χ0n) is 14.2. The first kappa shape index (κ1) is 19.7. The summed E-state index contributed by atoms with van der Waals surface area (Å²) in [6.45, 7) is 0.334. The van der Waals surface area contributed by atoms with Crippen molar-refractivity contribution in [1.82, 2.24) is 4.90 Å². The summed E-state index contributed by atoms with van der Waals surface area (Å²) >= 11 is 13.4. The molecule has 0 saturated heterocycles. The van der Waals surface area contributed by atoms with Gasteiger partial charge in [-0.3, -0.25) is 19.3 Å². The number of amides is 3. The molecule has 3 amide bonds. The van der Waals surface area contributed by atoms with E-state index in [9.17, 15) is 14.4 Å². The number of carbonyl (C=O) groups is 3. The van der Waals surface area contributed by atoms with Crippen molar-refractivity contribution in [3.05, 3.63) is 63.6 Å². The number of carbonyl (C=O) groups excluding carboxylic acids is 3. The van der Waals surface area contributed by atoms with Gasteiger partial charge in [-0.1, -0.05) is 41.4 Å². The maximum absolute atomic E-state index is 12.3. The van der Waals surface area contributed by atoms with Crippen LogP contribution in [0.5, 0.6) is 0 Å². The first-order valence-electron chi connectivity index (χ1n) is 8.26. The molecule has 1 aliphatic rings. The number of rotatable bonds is 7. The van der Waals surface area contributed by atoms with Crippen molar-refractivity contribution in [2.24, 2.45) is 0 Å². The zero-order chi connectivity index (χ0) is 19.4. The number of hydrogen-bond donors (Lipinski definition) is 1. The Bertz CT molecular complexity index is 869. The number of halogens is 2. The van der Waals surface area contributed by atoms with E-state index in [0.29, 0.717) is 45.6 Å². The third kappa shape index (κ3) is 4.46. The van der Waals surface area contributed by atoms with Gasteiger partial charge in [-0.25, -0.2) is 0 Å². The SMILES string of the molecule is O=C(CSCCCN1C(=O)c2ccccc2C1=O)Nc1cccc(Cl)c1Cl. The van der Waals surface area contributed by atoms with Crippen LogP contribution in [-0.2, 0) is 4.79 Å². The van der Waals surface area contributed by atoms with E-state index in [1.807, 2.05) is 0 Å². The molecule has 0 saturated carbocycles. The van der Waals surface area contributed by atoms with E-state index in [2.05, 4.69) is 5.32 Å². The van der Waals surface area contributed by atoms with Crippen molar-refractivity contribution in [2.75, 3.05) is 23.4 Å². The highest BCUT2D eigenvalue weighted by Crippen LogP contribution is 2.29. The van der Waals surface area contributed by atoms with Gasteiger partial charge in [0.2, 0.25) is 5.91 Å². The van der Waals surface area contributed by atoms with Crippen LogP contribution in [0.1, 0.15) is 27.1 Å². The Balaban J connectivity index is 1.41. The summed E-state index contributed by atoms with van der Waals surface area (Å²) in [6, 6.07) is 11.8. The molecule has 0 atom stereocenters. The van der Waals surface area contributed by atoms with Gasteiger partial charge in [0.05, 0.1) is 32.6 Å². The molecule has 2 aromatic rings. The molecule has 140 valence electrons. The van der Waals surface area contributed by atoms with Crippen molar-refractivity contribution in [2.45, 2.75) is 6.42 Å². The summed E-state index contributed by atoms with van der Waals surface area (Å²) in [5, 5.41) is 3.40. The second-order valence-electron chi connectivity index (χ2n) is 5.86. The normalized spacial score (nSPS) is 13.0. The molecule has 0 spiro atoms. The van der Waals surface area contributed by atoms with E-state index in [1.54, 1.807) is 42.5 Å². The highest BCUT2D eigenvalue weighted by molar-refractivity contribution is 7.99. The lowest BCUT2D eigenvalue weighted by Gasteiger charge is -2.13. The number of benzene rings is 2. The number of nitrogens with zero attached hydrogens (tertiary/aromatic N) is 1. The summed E-state index contributed by atoms with van der Waals surface area (Å²) in [5.74, 6) is 0.183. The van der Waals surface area contributed by atoms with E-state index in [1.165, 1.54) is 16.7 Å². The molecule has 1 aliphatic heterocycles. The van der Waals surface area contributed by atoms with Crippen LogP contribution in [-0.4, -0.2) is 40.7 Å². The molecule has 1 N–H and O–H groups in total. The predicted octanol–water partition coefficient (Wildman–Crippen LogP) is 4.35. The summed E-state index contributed by atoms with van der Waals surface area (Å²) in [4.78, 5) is 37.8. The van der Waals surface area contributed by atoms with Gasteiger partial charge in [0.1, 0.15) is 0 Å². The second-order valence-corrected chi connectivity index (χ2v) is 7.75. The van der Waals surface area contributed by atoms with E-state index in [0.717, 1.165) is 0 Å². The van der Waals surface area contributed by atoms with E-state index >= 15 is 0 Å². The number of fused-ring (bicyclic) bond motifs is 1. The molecule has 1 heterocycles. The molecular formula is C19H16Cl2N2O3S. The lowest BCUT2D eigenvalue weighted by atomic mass is 10.1. The van der Waals surface area contributed by atoms with Crippen molar-refractivity contribution >= 4 is 58.4 Å². The average molecular weight is 423 g/mol. The molecule has 3 rings (SSSR count). The van der Waals surface area contributed by atoms with Crippen molar-refractivity contribution < 1.29 is 14.4 Å². The Kier molecular flexibility index (Phi) is 6.42. The van der Waals surface area contributed by atoms with Crippen molar-refractivity contribution in [3.8, 4) is 0 Å². The Morgan fingerprint density at radius 2 is 1.67 bits per heavy atom. The second kappa shape index (κ2) is 8.78. The summed E-state index contributed by atoms with van der Waals surface area (Å²) in [5.41, 5.74) is 1.38. The van der Waals surface area contributed by atoms with Gasteiger partial charge in [0.25, 0.3) is 11.8 Å². The minimum Gasteiger partial charge on any atom is -0.324 e. The van der Waals surface area contributed by atoms with E-state index in [4.69, 9.17) is 23.2 Å². The minimum atomic E-state index is -0.256. The topological polar surface area (TPSA) is 66.5 Å². The Hall–Kier alpha value is -2.02. The Morgan fingerprint density at radius 3 is 2.33 bits per heavy atom. The summed E-state index contributed by atoms with van der Waals surface area (Å²) < 4.78 is 0.